The average Bonchev–Trinajstić information content (AvgIpc) is 3.12. The van der Waals surface area contributed by atoms with Gasteiger partial charge in [-0.15, -0.1) is 0 Å². The Kier molecular flexibility index (Phi) is 4.66. The Morgan fingerprint density at radius 2 is 2.11 bits per heavy atom. The number of rotatable bonds is 1. The molecule has 2 aromatic heterocycles. The number of carbonyl (C=O) groups excluding carboxylic acids is 1. The van der Waals surface area contributed by atoms with Crippen LogP contribution >= 0.6 is 0 Å². The second kappa shape index (κ2) is 7.26. The van der Waals surface area contributed by atoms with E-state index < -0.39 is 0 Å². The monoisotopic (exact) mass is 364 g/mol. The van der Waals surface area contributed by atoms with Crippen LogP contribution in [0.1, 0.15) is 13.3 Å². The fourth-order valence-corrected chi connectivity index (χ4v) is 3.39. The van der Waals surface area contributed by atoms with E-state index in [1.807, 2.05) is 36.4 Å². The number of benzene rings is 1. The molecule has 0 saturated heterocycles. The summed E-state index contributed by atoms with van der Waals surface area (Å²) in [5.74, 6) is 0.964. The molecule has 3 heterocycles. The maximum absolute atomic E-state index is 12.3. The number of likely N-dealkylation sites (N-methyl/N-ethyl adjacent to an activating group) is 1. The summed E-state index contributed by atoms with van der Waals surface area (Å²) in [5, 5.41) is 7.77. The summed E-state index contributed by atoms with van der Waals surface area (Å²) in [6, 6.07) is 10.3. The summed E-state index contributed by atoms with van der Waals surface area (Å²) < 4.78 is 1.79. The van der Waals surface area contributed by atoms with Gasteiger partial charge in [0.1, 0.15) is 5.82 Å². The molecular formula is C20H24N6O. The second-order valence-electron chi connectivity index (χ2n) is 6.77. The molecule has 1 aliphatic rings. The van der Waals surface area contributed by atoms with E-state index >= 15 is 0 Å². The molecule has 1 amide bonds. The molecule has 0 aliphatic carbocycles. The van der Waals surface area contributed by atoms with Gasteiger partial charge in [-0.1, -0.05) is 19.1 Å². The van der Waals surface area contributed by atoms with Crippen molar-refractivity contribution in [2.75, 3.05) is 43.4 Å². The first kappa shape index (κ1) is 17.3. The third-order valence-electron chi connectivity index (χ3n) is 5.02. The zero-order chi connectivity index (χ0) is 18.8. The van der Waals surface area contributed by atoms with Crippen molar-refractivity contribution < 1.29 is 4.79 Å². The standard InChI is InChI=1S/C20H24N6O/c1-3-19(27)25-10-8-21-18-7-9-26-20(23-18)17(14-22-26)15-5-4-6-16(13-15)24(2)11-12-25/h4-7,9,13-14H,3,8,10-12H2,1-2H3,(H,21,23). The van der Waals surface area contributed by atoms with Crippen LogP contribution in [0.25, 0.3) is 16.8 Å². The van der Waals surface area contributed by atoms with E-state index in [0.29, 0.717) is 26.1 Å². The van der Waals surface area contributed by atoms with Crippen LogP contribution in [0.3, 0.4) is 0 Å². The van der Waals surface area contributed by atoms with E-state index in [1.165, 1.54) is 0 Å². The molecule has 0 atom stereocenters. The first-order valence-electron chi connectivity index (χ1n) is 9.33. The molecule has 0 saturated carbocycles. The molecule has 0 fully saturated rings. The first-order valence-corrected chi connectivity index (χ1v) is 9.33. The molecule has 1 aliphatic heterocycles. The van der Waals surface area contributed by atoms with Gasteiger partial charge in [-0.25, -0.2) is 9.50 Å². The van der Waals surface area contributed by atoms with E-state index in [4.69, 9.17) is 4.98 Å². The smallest absolute Gasteiger partial charge is 0.222 e. The molecule has 0 spiro atoms. The maximum atomic E-state index is 12.3. The van der Waals surface area contributed by atoms with Gasteiger partial charge in [-0.05, 0) is 23.8 Å². The number of fused-ring (bicyclic) bond motifs is 4. The van der Waals surface area contributed by atoms with Crippen molar-refractivity contribution in [3.63, 3.8) is 0 Å². The molecule has 7 heteroatoms. The van der Waals surface area contributed by atoms with Crippen molar-refractivity contribution in [2.45, 2.75) is 13.3 Å². The van der Waals surface area contributed by atoms with Gasteiger partial charge < -0.3 is 15.1 Å². The van der Waals surface area contributed by atoms with E-state index in [2.05, 4.69) is 40.6 Å². The Morgan fingerprint density at radius 3 is 2.96 bits per heavy atom. The van der Waals surface area contributed by atoms with Crippen molar-refractivity contribution in [1.82, 2.24) is 19.5 Å². The summed E-state index contributed by atoms with van der Waals surface area (Å²) in [6.07, 6.45) is 4.28. The van der Waals surface area contributed by atoms with Crippen LogP contribution in [-0.4, -0.2) is 58.6 Å². The molecule has 140 valence electrons. The van der Waals surface area contributed by atoms with Crippen molar-refractivity contribution in [3.05, 3.63) is 42.7 Å². The minimum absolute atomic E-state index is 0.174. The lowest BCUT2D eigenvalue weighted by Gasteiger charge is -2.27. The van der Waals surface area contributed by atoms with Crippen LogP contribution in [0, 0.1) is 0 Å². The van der Waals surface area contributed by atoms with Crippen LogP contribution in [-0.2, 0) is 4.79 Å². The SMILES string of the molecule is CCC(=O)N1CCNc2ccn3ncc(c3n2)-c2cccc(c2)N(C)CC1. The zero-order valence-corrected chi connectivity index (χ0v) is 15.7. The maximum Gasteiger partial charge on any atom is 0.222 e. The van der Waals surface area contributed by atoms with Crippen LogP contribution in [0.4, 0.5) is 11.5 Å². The molecule has 0 radical (unpaired) electrons. The van der Waals surface area contributed by atoms with Crippen molar-refractivity contribution in [2.24, 2.45) is 0 Å². The lowest BCUT2D eigenvalue weighted by Crippen LogP contribution is -2.40. The average molecular weight is 364 g/mol. The third-order valence-corrected chi connectivity index (χ3v) is 5.02. The minimum atomic E-state index is 0.174. The first-order chi connectivity index (χ1) is 13.2. The highest BCUT2D eigenvalue weighted by atomic mass is 16.2. The number of amides is 1. The molecule has 0 unspecified atom stereocenters. The Hall–Kier alpha value is -3.09. The molecule has 1 aromatic carbocycles. The fraction of sp³-hybridized carbons (Fsp3) is 0.350. The highest BCUT2D eigenvalue weighted by molar-refractivity contribution is 5.80. The lowest BCUT2D eigenvalue weighted by molar-refractivity contribution is -0.130. The molecule has 7 nitrogen and oxygen atoms in total. The summed E-state index contributed by atoms with van der Waals surface area (Å²) in [4.78, 5) is 21.1. The van der Waals surface area contributed by atoms with Crippen LogP contribution in [0.15, 0.2) is 42.7 Å². The number of aromatic nitrogens is 3. The number of anilines is 2. The predicted octanol–water partition coefficient (Wildman–Crippen LogP) is 2.50. The Morgan fingerprint density at radius 1 is 1.22 bits per heavy atom. The van der Waals surface area contributed by atoms with Crippen molar-refractivity contribution in [3.8, 4) is 11.1 Å². The van der Waals surface area contributed by atoms with Gasteiger partial charge in [-0.2, -0.15) is 5.10 Å². The van der Waals surface area contributed by atoms with Gasteiger partial charge in [0.05, 0.1) is 6.20 Å². The quantitative estimate of drug-likeness (QED) is 0.719. The van der Waals surface area contributed by atoms with Crippen LogP contribution in [0.2, 0.25) is 0 Å². The predicted molar refractivity (Wildman–Crippen MR) is 107 cm³/mol. The van der Waals surface area contributed by atoms with Gasteiger partial charge in [0.25, 0.3) is 0 Å². The highest BCUT2D eigenvalue weighted by Crippen LogP contribution is 2.27. The van der Waals surface area contributed by atoms with E-state index in [-0.39, 0.29) is 5.91 Å². The van der Waals surface area contributed by atoms with Gasteiger partial charge in [0, 0.05) is 57.1 Å². The summed E-state index contributed by atoms with van der Waals surface area (Å²) >= 11 is 0. The largest absolute Gasteiger partial charge is 0.373 e. The molecule has 4 rings (SSSR count). The minimum Gasteiger partial charge on any atom is -0.373 e. The number of nitrogens with one attached hydrogen (secondary N) is 1. The second-order valence-corrected chi connectivity index (χ2v) is 6.77. The Labute approximate surface area is 158 Å². The highest BCUT2D eigenvalue weighted by Gasteiger charge is 2.15. The van der Waals surface area contributed by atoms with Crippen molar-refractivity contribution >= 4 is 23.1 Å². The molecule has 3 aromatic rings. The fourth-order valence-electron chi connectivity index (χ4n) is 3.39. The van der Waals surface area contributed by atoms with Gasteiger partial charge in [0.2, 0.25) is 5.91 Å². The topological polar surface area (TPSA) is 65.8 Å². The number of hydrogen-bond acceptors (Lipinski definition) is 5. The molecule has 4 bridgehead atoms. The van der Waals surface area contributed by atoms with E-state index in [0.717, 1.165) is 34.8 Å². The van der Waals surface area contributed by atoms with E-state index in [1.54, 1.807) is 4.52 Å². The normalized spacial score (nSPS) is 14.9. The molecule has 1 N–H and O–H groups in total. The van der Waals surface area contributed by atoms with Crippen molar-refractivity contribution in [1.29, 1.82) is 0 Å². The summed E-state index contributed by atoms with van der Waals surface area (Å²) in [5.41, 5.74) is 4.02. The van der Waals surface area contributed by atoms with Gasteiger partial charge in [-0.3, -0.25) is 4.79 Å². The molecule has 27 heavy (non-hydrogen) atoms. The van der Waals surface area contributed by atoms with Gasteiger partial charge in [0.15, 0.2) is 5.65 Å². The van der Waals surface area contributed by atoms with Gasteiger partial charge >= 0.3 is 0 Å². The Bertz CT molecular complexity index is 966. The number of hydrogen-bond donors (Lipinski definition) is 1. The third kappa shape index (κ3) is 3.45. The summed E-state index contributed by atoms with van der Waals surface area (Å²) in [7, 11) is 2.06. The van der Waals surface area contributed by atoms with Crippen LogP contribution < -0.4 is 10.2 Å². The zero-order valence-electron chi connectivity index (χ0n) is 15.7. The number of nitrogens with zero attached hydrogens (tertiary/aromatic N) is 5. The number of carbonyl (C=O) groups is 1. The summed E-state index contributed by atoms with van der Waals surface area (Å²) in [6.45, 7) is 4.70. The van der Waals surface area contributed by atoms with Crippen LogP contribution in [0.5, 0.6) is 0 Å². The van der Waals surface area contributed by atoms with E-state index in [9.17, 15) is 4.79 Å². The lowest BCUT2D eigenvalue weighted by atomic mass is 10.1. The Balaban J connectivity index is 1.77. The molecular weight excluding hydrogens is 340 g/mol.